The summed E-state index contributed by atoms with van der Waals surface area (Å²) in [6.45, 7) is 7.67. The minimum Gasteiger partial charge on any atom is -0.462 e. The van der Waals surface area contributed by atoms with Crippen LogP contribution in [-0.4, -0.2) is 80.2 Å². The SMILES string of the molecule is CCCCCCCCC(=O)OCC(COC(=O)CCCCCCCC)OC(=O)CCCC(=O)CCCC(=O)OC(COC(=O)CCCCCCCC)COC(=O)CCCCCCCC. The van der Waals surface area contributed by atoms with Crippen LogP contribution in [0, 0.1) is 0 Å². The lowest BCUT2D eigenvalue weighted by Gasteiger charge is -2.18. The lowest BCUT2D eigenvalue weighted by atomic mass is 10.1. The normalized spacial score (nSPS) is 11.1. The van der Waals surface area contributed by atoms with Crippen molar-refractivity contribution in [3.8, 4) is 0 Å². The molecule has 0 amide bonds. The third-order valence-electron chi connectivity index (χ3n) is 10.9. The van der Waals surface area contributed by atoms with Gasteiger partial charge in [0.05, 0.1) is 0 Å². The van der Waals surface area contributed by atoms with Gasteiger partial charge in [-0.3, -0.25) is 33.6 Å². The van der Waals surface area contributed by atoms with Gasteiger partial charge in [-0.05, 0) is 38.5 Å². The number of rotatable bonds is 46. The van der Waals surface area contributed by atoms with Gasteiger partial charge in [-0.25, -0.2) is 0 Å². The number of ketones is 1. The van der Waals surface area contributed by atoms with E-state index in [0.29, 0.717) is 25.7 Å². The van der Waals surface area contributed by atoms with Crippen molar-refractivity contribution in [2.45, 2.75) is 258 Å². The molecule has 0 bridgehead atoms. The molecule has 0 heterocycles. The molecule has 0 aliphatic rings. The first kappa shape index (κ1) is 60.5. The van der Waals surface area contributed by atoms with Crippen molar-refractivity contribution in [2.75, 3.05) is 26.4 Å². The molecule has 0 aromatic heterocycles. The molecule has 13 heteroatoms. The van der Waals surface area contributed by atoms with Crippen LogP contribution < -0.4 is 0 Å². The molecule has 0 N–H and O–H groups in total. The molecule has 64 heavy (non-hydrogen) atoms. The first-order chi connectivity index (χ1) is 31.0. The standard InChI is InChI=1S/C51H90O13/c1-5-9-13-17-21-25-33-46(53)59-39-44(40-60-47(54)34-26-22-18-14-10-6-2)63-50(57)37-29-31-43(52)32-30-38-51(58)64-45(41-61-48(55)35-27-23-19-15-11-7-3)42-62-49(56)36-28-24-20-16-12-8-4/h44-45H,5-42H2,1-4H3. The smallest absolute Gasteiger partial charge is 0.306 e. The maximum atomic E-state index is 12.8. The van der Waals surface area contributed by atoms with Gasteiger partial charge in [0.25, 0.3) is 0 Å². The fourth-order valence-electron chi connectivity index (χ4n) is 6.94. The highest BCUT2D eigenvalue weighted by molar-refractivity contribution is 5.80. The van der Waals surface area contributed by atoms with Crippen LogP contribution in [0.5, 0.6) is 0 Å². The molecule has 0 saturated carbocycles. The molecule has 0 aromatic carbocycles. The van der Waals surface area contributed by atoms with E-state index in [1.165, 1.54) is 25.7 Å². The highest BCUT2D eigenvalue weighted by atomic mass is 16.6. The lowest BCUT2D eigenvalue weighted by molar-refractivity contribution is -0.167. The number of esters is 6. The van der Waals surface area contributed by atoms with E-state index in [1.54, 1.807) is 0 Å². The van der Waals surface area contributed by atoms with Crippen LogP contribution in [0.15, 0.2) is 0 Å². The zero-order valence-electron chi connectivity index (χ0n) is 40.8. The summed E-state index contributed by atoms with van der Waals surface area (Å²) in [5.41, 5.74) is 0. The van der Waals surface area contributed by atoms with E-state index in [-0.39, 0.29) is 96.4 Å². The number of hydrogen-bond acceptors (Lipinski definition) is 13. The van der Waals surface area contributed by atoms with Crippen LogP contribution >= 0.6 is 0 Å². The van der Waals surface area contributed by atoms with Crippen LogP contribution in [0.25, 0.3) is 0 Å². The molecule has 0 aromatic rings. The van der Waals surface area contributed by atoms with Crippen molar-refractivity contribution >= 4 is 41.6 Å². The number of unbranched alkanes of at least 4 members (excludes halogenated alkanes) is 20. The molecular formula is C51H90O13. The molecule has 0 spiro atoms. The Balaban J connectivity index is 4.90. The summed E-state index contributed by atoms with van der Waals surface area (Å²) < 4.78 is 32.6. The van der Waals surface area contributed by atoms with Crippen LogP contribution in [0.4, 0.5) is 0 Å². The summed E-state index contributed by atoms with van der Waals surface area (Å²) in [6, 6.07) is 0. The van der Waals surface area contributed by atoms with Gasteiger partial charge in [-0.1, -0.05) is 156 Å². The fourth-order valence-corrected chi connectivity index (χ4v) is 6.94. The van der Waals surface area contributed by atoms with Gasteiger partial charge < -0.3 is 28.4 Å². The Morgan fingerprint density at radius 3 is 0.734 bits per heavy atom. The number of ether oxygens (including phenoxy) is 6. The van der Waals surface area contributed by atoms with Gasteiger partial charge in [-0.15, -0.1) is 0 Å². The predicted octanol–water partition coefficient (Wildman–Crippen LogP) is 11.9. The Hall–Kier alpha value is -3.51. The lowest BCUT2D eigenvalue weighted by Crippen LogP contribution is -2.31. The van der Waals surface area contributed by atoms with Crippen LogP contribution in [0.2, 0.25) is 0 Å². The van der Waals surface area contributed by atoms with Crippen molar-refractivity contribution in [3.05, 3.63) is 0 Å². The number of Topliss-reactive ketones (excluding diaryl/α,β-unsaturated/α-hetero) is 1. The number of carbonyl (C=O) groups excluding carboxylic acids is 7. The summed E-state index contributed by atoms with van der Waals surface area (Å²) in [5, 5.41) is 0. The molecule has 0 saturated heterocycles. The first-order valence-corrected chi connectivity index (χ1v) is 25.6. The van der Waals surface area contributed by atoms with Gasteiger partial charge in [0.1, 0.15) is 32.2 Å². The highest BCUT2D eigenvalue weighted by Gasteiger charge is 2.22. The van der Waals surface area contributed by atoms with Crippen molar-refractivity contribution in [1.29, 1.82) is 0 Å². The van der Waals surface area contributed by atoms with Crippen LogP contribution in [0.3, 0.4) is 0 Å². The van der Waals surface area contributed by atoms with E-state index in [2.05, 4.69) is 27.7 Å². The predicted molar refractivity (Wildman–Crippen MR) is 248 cm³/mol. The van der Waals surface area contributed by atoms with Crippen molar-refractivity contribution in [2.24, 2.45) is 0 Å². The monoisotopic (exact) mass is 911 g/mol. The van der Waals surface area contributed by atoms with Gasteiger partial charge in [-0.2, -0.15) is 0 Å². The second-order valence-electron chi connectivity index (χ2n) is 17.3. The molecule has 0 aliphatic carbocycles. The molecule has 13 nitrogen and oxygen atoms in total. The molecule has 0 atom stereocenters. The van der Waals surface area contributed by atoms with E-state index in [0.717, 1.165) is 103 Å². The van der Waals surface area contributed by atoms with E-state index < -0.39 is 48.0 Å². The summed E-state index contributed by atoms with van der Waals surface area (Å²) >= 11 is 0. The van der Waals surface area contributed by atoms with E-state index >= 15 is 0 Å². The third kappa shape index (κ3) is 41.2. The summed E-state index contributed by atoms with van der Waals surface area (Å²) in [6.07, 6.45) is 24.2. The Morgan fingerprint density at radius 2 is 0.484 bits per heavy atom. The van der Waals surface area contributed by atoms with Crippen LogP contribution in [0.1, 0.15) is 246 Å². The maximum absolute atomic E-state index is 12.8. The highest BCUT2D eigenvalue weighted by Crippen LogP contribution is 2.14. The summed E-state index contributed by atoms with van der Waals surface area (Å²) in [5.74, 6) is -2.95. The molecule has 0 aliphatic heterocycles. The quantitative estimate of drug-likeness (QED) is 0.0321. The van der Waals surface area contributed by atoms with Crippen molar-refractivity contribution in [1.82, 2.24) is 0 Å². The van der Waals surface area contributed by atoms with Gasteiger partial charge in [0, 0.05) is 51.4 Å². The van der Waals surface area contributed by atoms with Crippen molar-refractivity contribution in [3.63, 3.8) is 0 Å². The number of carbonyl (C=O) groups is 7. The fraction of sp³-hybridized carbons (Fsp3) is 0.863. The second kappa shape index (κ2) is 44.7. The van der Waals surface area contributed by atoms with Gasteiger partial charge >= 0.3 is 35.8 Å². The largest absolute Gasteiger partial charge is 0.462 e. The van der Waals surface area contributed by atoms with E-state index in [1.807, 2.05) is 0 Å². The first-order valence-electron chi connectivity index (χ1n) is 25.6. The molecule has 0 radical (unpaired) electrons. The zero-order chi connectivity index (χ0) is 47.3. The Labute approximate surface area is 387 Å². The maximum Gasteiger partial charge on any atom is 0.306 e. The molecule has 0 unspecified atom stereocenters. The molecule has 0 fully saturated rings. The average molecular weight is 911 g/mol. The minimum atomic E-state index is -0.965. The summed E-state index contributed by atoms with van der Waals surface area (Å²) in [4.78, 5) is 87.8. The van der Waals surface area contributed by atoms with Crippen LogP contribution in [-0.2, 0) is 62.0 Å². The van der Waals surface area contributed by atoms with E-state index in [9.17, 15) is 33.6 Å². The summed E-state index contributed by atoms with van der Waals surface area (Å²) in [7, 11) is 0. The molecule has 0 rings (SSSR count). The second-order valence-corrected chi connectivity index (χ2v) is 17.3. The van der Waals surface area contributed by atoms with Crippen molar-refractivity contribution < 1.29 is 62.0 Å². The Kier molecular flexibility index (Phi) is 42.2. The number of hydrogen-bond donors (Lipinski definition) is 0. The molecule has 372 valence electrons. The zero-order valence-corrected chi connectivity index (χ0v) is 40.8. The molecular weight excluding hydrogens is 821 g/mol. The third-order valence-corrected chi connectivity index (χ3v) is 10.9. The Bertz CT molecular complexity index is 1060. The van der Waals surface area contributed by atoms with Gasteiger partial charge in [0.2, 0.25) is 0 Å². The minimum absolute atomic E-state index is 0.0709. The van der Waals surface area contributed by atoms with E-state index in [4.69, 9.17) is 28.4 Å². The van der Waals surface area contributed by atoms with Gasteiger partial charge in [0.15, 0.2) is 12.2 Å². The average Bonchev–Trinajstić information content (AvgIpc) is 3.27. The Morgan fingerprint density at radius 1 is 0.266 bits per heavy atom. The topological polar surface area (TPSA) is 175 Å².